The Kier molecular flexibility index (Phi) is 6.51. The molecule has 1 atom stereocenters. The number of likely N-dealkylation sites (N-methyl/N-ethyl adjacent to an activating group) is 1. The molecular formula is C8H21N3. The number of nitrogens with two attached hydrogens (primary N) is 1. The minimum Gasteiger partial charge on any atom is -0.316 e. The first kappa shape index (κ1) is 10.9. The van der Waals surface area contributed by atoms with Gasteiger partial charge in [-0.1, -0.05) is 13.8 Å². The smallest absolute Gasteiger partial charge is 0.0282 e. The lowest BCUT2D eigenvalue weighted by Crippen LogP contribution is -2.43. The van der Waals surface area contributed by atoms with Crippen molar-refractivity contribution in [2.75, 3.05) is 20.1 Å². The van der Waals surface area contributed by atoms with Crippen molar-refractivity contribution in [1.82, 2.24) is 10.3 Å². The van der Waals surface area contributed by atoms with Gasteiger partial charge in [-0.15, -0.1) is 0 Å². The molecule has 0 saturated heterocycles. The summed E-state index contributed by atoms with van der Waals surface area (Å²) in [5, 5.41) is 5.10. The molecule has 0 radical (unpaired) electrons. The maximum atomic E-state index is 5.73. The standard InChI is InChI=1S/C8H21N3/c1-4-6-11(9)7-8(5-2)10-3/h8,10H,4-7,9H2,1-3H3. The Hall–Kier alpha value is -0.120. The summed E-state index contributed by atoms with van der Waals surface area (Å²) in [6.07, 6.45) is 2.25. The summed E-state index contributed by atoms with van der Waals surface area (Å²) in [4.78, 5) is 0. The molecule has 0 heterocycles. The van der Waals surface area contributed by atoms with Crippen LogP contribution >= 0.6 is 0 Å². The van der Waals surface area contributed by atoms with E-state index in [0.717, 1.165) is 25.9 Å². The summed E-state index contributed by atoms with van der Waals surface area (Å²) in [6.45, 7) is 6.24. The van der Waals surface area contributed by atoms with Gasteiger partial charge >= 0.3 is 0 Å². The summed E-state index contributed by atoms with van der Waals surface area (Å²) in [7, 11) is 1.98. The van der Waals surface area contributed by atoms with Crippen molar-refractivity contribution >= 4 is 0 Å². The van der Waals surface area contributed by atoms with E-state index < -0.39 is 0 Å². The zero-order valence-electron chi connectivity index (χ0n) is 7.93. The van der Waals surface area contributed by atoms with Crippen LogP contribution in [0, 0.1) is 0 Å². The molecule has 0 amide bonds. The van der Waals surface area contributed by atoms with Crippen LogP contribution in [-0.2, 0) is 0 Å². The molecule has 0 aliphatic carbocycles. The van der Waals surface area contributed by atoms with Crippen molar-refractivity contribution in [2.45, 2.75) is 32.7 Å². The van der Waals surface area contributed by atoms with Crippen LogP contribution in [0.4, 0.5) is 0 Å². The van der Waals surface area contributed by atoms with E-state index in [1.165, 1.54) is 0 Å². The van der Waals surface area contributed by atoms with Crippen molar-refractivity contribution < 1.29 is 0 Å². The average Bonchev–Trinajstić information content (AvgIpc) is 2.01. The topological polar surface area (TPSA) is 41.3 Å². The predicted molar refractivity (Wildman–Crippen MR) is 49.2 cm³/mol. The van der Waals surface area contributed by atoms with E-state index >= 15 is 0 Å². The predicted octanol–water partition coefficient (Wildman–Crippen LogP) is 0.570. The van der Waals surface area contributed by atoms with E-state index in [0.29, 0.717) is 6.04 Å². The third kappa shape index (κ3) is 5.18. The van der Waals surface area contributed by atoms with Crippen molar-refractivity contribution in [2.24, 2.45) is 5.84 Å². The summed E-state index contributed by atoms with van der Waals surface area (Å²) in [5.41, 5.74) is 0. The largest absolute Gasteiger partial charge is 0.316 e. The number of hydrazine groups is 1. The normalized spacial score (nSPS) is 13.9. The number of hydrogen-bond acceptors (Lipinski definition) is 3. The third-order valence-corrected chi connectivity index (χ3v) is 1.87. The molecule has 3 N–H and O–H groups in total. The first-order chi connectivity index (χ1) is 5.24. The molecule has 0 aromatic rings. The van der Waals surface area contributed by atoms with Crippen molar-refractivity contribution in [3.8, 4) is 0 Å². The van der Waals surface area contributed by atoms with Crippen LogP contribution in [0.5, 0.6) is 0 Å². The molecule has 0 rings (SSSR count). The fourth-order valence-corrected chi connectivity index (χ4v) is 1.09. The summed E-state index contributed by atoms with van der Waals surface area (Å²) < 4.78 is 0. The van der Waals surface area contributed by atoms with E-state index in [9.17, 15) is 0 Å². The van der Waals surface area contributed by atoms with Crippen LogP contribution < -0.4 is 11.2 Å². The summed E-state index contributed by atoms with van der Waals surface area (Å²) in [6, 6.07) is 0.534. The Balaban J connectivity index is 3.44. The van der Waals surface area contributed by atoms with Crippen molar-refractivity contribution in [3.05, 3.63) is 0 Å². The molecule has 1 unspecified atom stereocenters. The van der Waals surface area contributed by atoms with Gasteiger partial charge in [0.2, 0.25) is 0 Å². The highest BCUT2D eigenvalue weighted by molar-refractivity contribution is 4.64. The van der Waals surface area contributed by atoms with Gasteiger partial charge in [-0.3, -0.25) is 5.84 Å². The Bertz CT molecular complexity index is 81.4. The Morgan fingerprint density at radius 2 is 2.09 bits per heavy atom. The van der Waals surface area contributed by atoms with Crippen LogP contribution in [0.25, 0.3) is 0 Å². The monoisotopic (exact) mass is 159 g/mol. The maximum absolute atomic E-state index is 5.73. The molecule has 0 aromatic heterocycles. The second-order valence-electron chi connectivity index (χ2n) is 2.89. The molecule has 0 aromatic carbocycles. The first-order valence-electron chi connectivity index (χ1n) is 4.41. The van der Waals surface area contributed by atoms with Gasteiger partial charge in [0.05, 0.1) is 0 Å². The van der Waals surface area contributed by atoms with E-state index in [1.54, 1.807) is 0 Å². The molecule has 0 aliphatic rings. The van der Waals surface area contributed by atoms with Gasteiger partial charge < -0.3 is 5.32 Å². The Morgan fingerprint density at radius 3 is 2.45 bits per heavy atom. The van der Waals surface area contributed by atoms with Gasteiger partial charge in [-0.25, -0.2) is 5.01 Å². The van der Waals surface area contributed by atoms with Crippen LogP contribution in [-0.4, -0.2) is 31.2 Å². The lowest BCUT2D eigenvalue weighted by atomic mass is 10.2. The Morgan fingerprint density at radius 1 is 1.45 bits per heavy atom. The van der Waals surface area contributed by atoms with E-state index in [1.807, 2.05) is 12.1 Å². The van der Waals surface area contributed by atoms with Gasteiger partial charge in [0.15, 0.2) is 0 Å². The molecule has 3 heteroatoms. The average molecular weight is 159 g/mol. The highest BCUT2D eigenvalue weighted by atomic mass is 15.4. The van der Waals surface area contributed by atoms with Crippen LogP contribution in [0.2, 0.25) is 0 Å². The van der Waals surface area contributed by atoms with Crippen LogP contribution in [0.15, 0.2) is 0 Å². The van der Waals surface area contributed by atoms with Crippen LogP contribution in [0.1, 0.15) is 26.7 Å². The molecule has 68 valence electrons. The highest BCUT2D eigenvalue weighted by Gasteiger charge is 2.05. The number of nitrogens with one attached hydrogen (secondary N) is 1. The second-order valence-corrected chi connectivity index (χ2v) is 2.89. The molecule has 0 spiro atoms. The quantitative estimate of drug-likeness (QED) is 0.440. The van der Waals surface area contributed by atoms with E-state index in [2.05, 4.69) is 19.2 Å². The molecule has 0 fully saturated rings. The second kappa shape index (κ2) is 6.58. The molecule has 0 bridgehead atoms. The lowest BCUT2D eigenvalue weighted by Gasteiger charge is -2.21. The van der Waals surface area contributed by atoms with Crippen molar-refractivity contribution in [1.29, 1.82) is 0 Å². The van der Waals surface area contributed by atoms with Crippen molar-refractivity contribution in [3.63, 3.8) is 0 Å². The number of rotatable bonds is 6. The maximum Gasteiger partial charge on any atom is 0.0282 e. The minimum absolute atomic E-state index is 0.534. The zero-order valence-corrected chi connectivity index (χ0v) is 7.93. The molecular weight excluding hydrogens is 138 g/mol. The summed E-state index contributed by atoms with van der Waals surface area (Å²) in [5.74, 6) is 5.73. The summed E-state index contributed by atoms with van der Waals surface area (Å²) >= 11 is 0. The fourth-order valence-electron chi connectivity index (χ4n) is 1.09. The SMILES string of the molecule is CCCN(N)CC(CC)NC. The number of hydrogen-bond donors (Lipinski definition) is 2. The number of nitrogens with zero attached hydrogens (tertiary/aromatic N) is 1. The third-order valence-electron chi connectivity index (χ3n) is 1.87. The van der Waals surface area contributed by atoms with Gasteiger partial charge in [-0.05, 0) is 19.9 Å². The molecule has 0 aliphatic heterocycles. The fraction of sp³-hybridized carbons (Fsp3) is 1.00. The van der Waals surface area contributed by atoms with Crippen LogP contribution in [0.3, 0.4) is 0 Å². The zero-order chi connectivity index (χ0) is 8.69. The van der Waals surface area contributed by atoms with Gasteiger partial charge in [0.25, 0.3) is 0 Å². The molecule has 0 saturated carbocycles. The van der Waals surface area contributed by atoms with Gasteiger partial charge in [0.1, 0.15) is 0 Å². The lowest BCUT2D eigenvalue weighted by molar-refractivity contribution is 0.250. The first-order valence-corrected chi connectivity index (χ1v) is 4.41. The molecule has 3 nitrogen and oxygen atoms in total. The van der Waals surface area contributed by atoms with E-state index in [-0.39, 0.29) is 0 Å². The Labute approximate surface area is 69.9 Å². The van der Waals surface area contributed by atoms with Gasteiger partial charge in [0, 0.05) is 19.1 Å². The van der Waals surface area contributed by atoms with E-state index in [4.69, 9.17) is 5.84 Å². The highest BCUT2D eigenvalue weighted by Crippen LogP contribution is 1.92. The molecule has 11 heavy (non-hydrogen) atoms. The van der Waals surface area contributed by atoms with Gasteiger partial charge in [-0.2, -0.15) is 0 Å². The minimum atomic E-state index is 0.534.